The highest BCUT2D eigenvalue weighted by molar-refractivity contribution is 7.92. The number of carbonyl (C=O) groups excluding carboxylic acids is 2. The molecule has 0 aliphatic carbocycles. The molecule has 3 aromatic carbocycles. The summed E-state index contributed by atoms with van der Waals surface area (Å²) in [6.45, 7) is -0.0156. The van der Waals surface area contributed by atoms with Gasteiger partial charge in [-0.1, -0.05) is 36.4 Å². The molecule has 0 aromatic heterocycles. The average Bonchev–Trinajstić information content (AvgIpc) is 2.86. The van der Waals surface area contributed by atoms with Crippen molar-refractivity contribution in [3.63, 3.8) is 0 Å². The topological polar surface area (TPSA) is 114 Å². The zero-order valence-electron chi connectivity index (χ0n) is 17.6. The number of hydrogen-bond acceptors (Lipinski definition) is 6. The largest absolute Gasteiger partial charge is 0.485 e. The van der Waals surface area contributed by atoms with Gasteiger partial charge < -0.3 is 9.47 Å². The molecule has 0 saturated heterocycles. The Morgan fingerprint density at radius 3 is 2.36 bits per heavy atom. The van der Waals surface area contributed by atoms with Crippen LogP contribution in [-0.4, -0.2) is 40.0 Å². The van der Waals surface area contributed by atoms with Crippen molar-refractivity contribution in [3.05, 3.63) is 84.4 Å². The first kappa shape index (κ1) is 22.2. The molecule has 2 amide bonds. The lowest BCUT2D eigenvalue weighted by Gasteiger charge is -2.25. The molecule has 1 aliphatic rings. The number of benzene rings is 3. The van der Waals surface area contributed by atoms with Crippen LogP contribution in [0.25, 0.3) is 0 Å². The molecule has 2 N–H and O–H groups in total. The maximum absolute atomic E-state index is 13.0. The fraction of sp³-hybridized carbons (Fsp3) is 0.130. The monoisotopic (exact) mass is 467 g/mol. The van der Waals surface area contributed by atoms with E-state index in [1.54, 1.807) is 54.6 Å². The number of ether oxygens (including phenoxy) is 2. The third-order valence-electron chi connectivity index (χ3n) is 4.97. The van der Waals surface area contributed by atoms with Gasteiger partial charge in [0, 0.05) is 12.6 Å². The molecule has 33 heavy (non-hydrogen) atoms. The predicted octanol–water partition coefficient (Wildman–Crippen LogP) is 2.11. The van der Waals surface area contributed by atoms with Crippen LogP contribution in [0.5, 0.6) is 11.5 Å². The second kappa shape index (κ2) is 9.21. The summed E-state index contributed by atoms with van der Waals surface area (Å²) in [6, 6.07) is 21.0. The molecule has 1 heterocycles. The molecule has 1 unspecified atom stereocenters. The van der Waals surface area contributed by atoms with Gasteiger partial charge in [0.05, 0.1) is 10.6 Å². The molecule has 1 atom stereocenters. The zero-order valence-corrected chi connectivity index (χ0v) is 18.4. The van der Waals surface area contributed by atoms with Crippen molar-refractivity contribution < 1.29 is 27.5 Å². The van der Waals surface area contributed by atoms with Gasteiger partial charge in [0.1, 0.15) is 6.61 Å². The van der Waals surface area contributed by atoms with Gasteiger partial charge in [0.2, 0.25) is 6.10 Å². The van der Waals surface area contributed by atoms with Crippen LogP contribution in [0.4, 0.5) is 5.69 Å². The normalized spacial score (nSPS) is 14.8. The molecule has 0 fully saturated rings. The number of hydrogen-bond donors (Lipinski definition) is 2. The number of hydrazine groups is 1. The van der Waals surface area contributed by atoms with E-state index in [0.29, 0.717) is 17.2 Å². The van der Waals surface area contributed by atoms with Crippen LogP contribution in [0.3, 0.4) is 0 Å². The third kappa shape index (κ3) is 4.75. The van der Waals surface area contributed by atoms with Gasteiger partial charge >= 0.3 is 0 Å². The Kier molecular flexibility index (Phi) is 6.18. The Morgan fingerprint density at radius 1 is 0.909 bits per heavy atom. The minimum absolute atomic E-state index is 0.0156. The second-order valence-corrected chi connectivity index (χ2v) is 9.11. The fourth-order valence-corrected chi connectivity index (χ4v) is 4.39. The maximum Gasteiger partial charge on any atom is 0.283 e. The molecular weight excluding hydrogens is 446 g/mol. The molecule has 9 nitrogen and oxygen atoms in total. The lowest BCUT2D eigenvalue weighted by atomic mass is 10.2. The van der Waals surface area contributed by atoms with E-state index in [4.69, 9.17) is 9.47 Å². The summed E-state index contributed by atoms with van der Waals surface area (Å²) in [7, 11) is -2.46. The van der Waals surface area contributed by atoms with Gasteiger partial charge in [-0.3, -0.25) is 24.7 Å². The highest BCUT2D eigenvalue weighted by Gasteiger charge is 2.28. The molecule has 0 spiro atoms. The van der Waals surface area contributed by atoms with E-state index in [0.717, 1.165) is 4.31 Å². The Labute approximate surface area is 191 Å². The summed E-state index contributed by atoms with van der Waals surface area (Å²) in [4.78, 5) is 24.9. The highest BCUT2D eigenvalue weighted by Crippen LogP contribution is 2.30. The number of amides is 2. The fourth-order valence-electron chi connectivity index (χ4n) is 3.15. The Bertz CT molecular complexity index is 1280. The van der Waals surface area contributed by atoms with Crippen molar-refractivity contribution in [3.8, 4) is 11.5 Å². The van der Waals surface area contributed by atoms with Crippen LogP contribution in [0.2, 0.25) is 0 Å². The SMILES string of the molecule is CN(c1ccccc1)S(=O)(=O)c1cccc(C(=O)NNC(=O)C2COc3ccccc3O2)c1. The quantitative estimate of drug-likeness (QED) is 0.556. The molecule has 4 rings (SSSR count). The molecule has 0 saturated carbocycles. The Morgan fingerprint density at radius 2 is 1.61 bits per heavy atom. The van der Waals surface area contributed by atoms with Crippen LogP contribution in [-0.2, 0) is 14.8 Å². The summed E-state index contributed by atoms with van der Waals surface area (Å²) in [5.74, 6) is -0.329. The Balaban J connectivity index is 1.41. The minimum Gasteiger partial charge on any atom is -0.485 e. The minimum atomic E-state index is -3.90. The third-order valence-corrected chi connectivity index (χ3v) is 6.76. The number of sulfonamides is 1. The molecule has 10 heteroatoms. The van der Waals surface area contributed by atoms with Gasteiger partial charge in [0.15, 0.2) is 11.5 Å². The summed E-state index contributed by atoms with van der Waals surface area (Å²) in [5, 5.41) is 0. The molecule has 1 aliphatic heterocycles. The van der Waals surface area contributed by atoms with Crippen LogP contribution in [0, 0.1) is 0 Å². The summed E-state index contributed by atoms with van der Waals surface area (Å²) < 4.78 is 38.2. The molecule has 0 bridgehead atoms. The highest BCUT2D eigenvalue weighted by atomic mass is 32.2. The van der Waals surface area contributed by atoms with Crippen molar-refractivity contribution in [1.82, 2.24) is 10.9 Å². The molecular formula is C23H21N3O6S. The van der Waals surface area contributed by atoms with Gasteiger partial charge in [-0.2, -0.15) is 0 Å². The van der Waals surface area contributed by atoms with E-state index in [1.165, 1.54) is 31.3 Å². The first-order valence-electron chi connectivity index (χ1n) is 9.99. The Hall–Kier alpha value is -4.05. The van der Waals surface area contributed by atoms with E-state index >= 15 is 0 Å². The van der Waals surface area contributed by atoms with Crippen LogP contribution >= 0.6 is 0 Å². The van der Waals surface area contributed by atoms with Crippen LogP contribution in [0.1, 0.15) is 10.4 Å². The number of fused-ring (bicyclic) bond motifs is 1. The van der Waals surface area contributed by atoms with Gasteiger partial charge in [-0.05, 0) is 42.5 Å². The lowest BCUT2D eigenvalue weighted by molar-refractivity contribution is -0.131. The predicted molar refractivity (Wildman–Crippen MR) is 120 cm³/mol. The van der Waals surface area contributed by atoms with E-state index in [-0.39, 0.29) is 17.1 Å². The van der Waals surface area contributed by atoms with Crippen molar-refractivity contribution in [2.75, 3.05) is 18.0 Å². The van der Waals surface area contributed by atoms with Gasteiger partial charge in [-0.15, -0.1) is 0 Å². The van der Waals surface area contributed by atoms with Crippen molar-refractivity contribution >= 4 is 27.5 Å². The van der Waals surface area contributed by atoms with E-state index in [9.17, 15) is 18.0 Å². The lowest BCUT2D eigenvalue weighted by Crippen LogP contribution is -2.50. The van der Waals surface area contributed by atoms with Crippen molar-refractivity contribution in [2.45, 2.75) is 11.0 Å². The first-order valence-corrected chi connectivity index (χ1v) is 11.4. The summed E-state index contributed by atoms with van der Waals surface area (Å²) in [5.41, 5.74) is 5.10. The maximum atomic E-state index is 13.0. The number of carbonyl (C=O) groups is 2. The molecule has 3 aromatic rings. The number of rotatable bonds is 5. The van der Waals surface area contributed by atoms with Crippen molar-refractivity contribution in [2.24, 2.45) is 0 Å². The number of anilines is 1. The molecule has 170 valence electrons. The number of nitrogens with one attached hydrogen (secondary N) is 2. The van der Waals surface area contributed by atoms with E-state index in [2.05, 4.69) is 10.9 Å². The number of nitrogens with zero attached hydrogens (tertiary/aromatic N) is 1. The van der Waals surface area contributed by atoms with Crippen molar-refractivity contribution in [1.29, 1.82) is 0 Å². The molecule has 0 radical (unpaired) electrons. The van der Waals surface area contributed by atoms with Gasteiger partial charge in [0.25, 0.3) is 21.8 Å². The van der Waals surface area contributed by atoms with Crippen LogP contribution < -0.4 is 24.6 Å². The second-order valence-electron chi connectivity index (χ2n) is 7.14. The van der Waals surface area contributed by atoms with E-state index < -0.39 is 27.9 Å². The summed E-state index contributed by atoms with van der Waals surface area (Å²) in [6.07, 6.45) is -0.952. The average molecular weight is 468 g/mol. The van der Waals surface area contributed by atoms with Crippen LogP contribution in [0.15, 0.2) is 83.8 Å². The summed E-state index contributed by atoms with van der Waals surface area (Å²) >= 11 is 0. The van der Waals surface area contributed by atoms with E-state index in [1.807, 2.05) is 0 Å². The number of para-hydroxylation sites is 3. The smallest absolute Gasteiger partial charge is 0.283 e. The van der Waals surface area contributed by atoms with Gasteiger partial charge in [-0.25, -0.2) is 8.42 Å². The zero-order chi connectivity index (χ0) is 23.4. The first-order chi connectivity index (χ1) is 15.9. The standard InChI is InChI=1S/C23H21N3O6S/c1-26(17-9-3-2-4-10-17)33(29,30)18-11-7-8-16(14-18)22(27)24-25-23(28)21-15-31-19-12-5-6-13-20(19)32-21/h2-14,21H,15H2,1H3,(H,24,27)(H,25,28).